The average Bonchev–Trinajstić information content (AvgIpc) is 2.58. The second-order valence-electron chi connectivity index (χ2n) is 5.84. The topological polar surface area (TPSA) is 44.3 Å². The summed E-state index contributed by atoms with van der Waals surface area (Å²) in [7, 11) is 2.13. The minimum atomic E-state index is -0.200. The number of piperazine rings is 1. The molecule has 5 nitrogen and oxygen atoms in total. The first-order valence-corrected chi connectivity index (χ1v) is 7.95. The Bertz CT molecular complexity index is 623. The average molecular weight is 315 g/mol. The zero-order chi connectivity index (χ0) is 16.1. The molecule has 0 radical (unpaired) electrons. The number of rotatable bonds is 5. The van der Waals surface area contributed by atoms with Crippen molar-refractivity contribution in [3.63, 3.8) is 0 Å². The third-order valence-electron chi connectivity index (χ3n) is 4.06. The Hall–Kier alpha value is -2.21. The van der Waals surface area contributed by atoms with E-state index in [1.54, 1.807) is 6.20 Å². The summed E-state index contributed by atoms with van der Waals surface area (Å²) in [6.45, 7) is 4.73. The Kier molecular flexibility index (Phi) is 5.02. The number of anilines is 2. The van der Waals surface area contributed by atoms with E-state index >= 15 is 0 Å². The molecule has 1 saturated heterocycles. The van der Waals surface area contributed by atoms with Gasteiger partial charge in [-0.15, -0.1) is 0 Å². The van der Waals surface area contributed by atoms with E-state index in [9.17, 15) is 4.39 Å². The molecule has 1 aliphatic rings. The van der Waals surface area contributed by atoms with Crippen LogP contribution in [-0.2, 0) is 6.42 Å². The first-order chi connectivity index (χ1) is 11.2. The zero-order valence-corrected chi connectivity index (χ0v) is 13.4. The van der Waals surface area contributed by atoms with Gasteiger partial charge in [-0.3, -0.25) is 0 Å². The van der Waals surface area contributed by atoms with Crippen LogP contribution in [-0.4, -0.2) is 54.6 Å². The van der Waals surface area contributed by atoms with E-state index in [1.165, 1.54) is 12.1 Å². The highest BCUT2D eigenvalue weighted by molar-refractivity contribution is 5.41. The van der Waals surface area contributed by atoms with Crippen LogP contribution >= 0.6 is 0 Å². The molecule has 1 N–H and O–H groups in total. The molecule has 1 fully saturated rings. The number of hydrogen-bond acceptors (Lipinski definition) is 5. The summed E-state index contributed by atoms with van der Waals surface area (Å²) >= 11 is 0. The first-order valence-electron chi connectivity index (χ1n) is 7.95. The Morgan fingerprint density at radius 2 is 1.83 bits per heavy atom. The van der Waals surface area contributed by atoms with Gasteiger partial charge in [0.25, 0.3) is 0 Å². The fourth-order valence-electron chi connectivity index (χ4n) is 2.59. The van der Waals surface area contributed by atoms with E-state index in [1.807, 2.05) is 18.2 Å². The molecule has 3 rings (SSSR count). The normalized spacial score (nSPS) is 15.7. The fourth-order valence-corrected chi connectivity index (χ4v) is 2.59. The zero-order valence-electron chi connectivity index (χ0n) is 13.4. The number of halogens is 1. The molecule has 23 heavy (non-hydrogen) atoms. The van der Waals surface area contributed by atoms with Crippen LogP contribution in [0.15, 0.2) is 36.5 Å². The van der Waals surface area contributed by atoms with Crippen LogP contribution in [0.4, 0.5) is 16.2 Å². The number of likely N-dealkylation sites (N-methyl/N-ethyl adjacent to an activating group) is 1. The summed E-state index contributed by atoms with van der Waals surface area (Å²) in [5, 5.41) is 3.31. The van der Waals surface area contributed by atoms with Crippen LogP contribution in [0.5, 0.6) is 0 Å². The van der Waals surface area contributed by atoms with Gasteiger partial charge in [-0.2, -0.15) is 4.98 Å². The second-order valence-corrected chi connectivity index (χ2v) is 5.84. The maximum atomic E-state index is 12.9. The van der Waals surface area contributed by atoms with Crippen molar-refractivity contribution in [2.45, 2.75) is 6.42 Å². The third-order valence-corrected chi connectivity index (χ3v) is 4.06. The van der Waals surface area contributed by atoms with Gasteiger partial charge in [-0.05, 0) is 37.2 Å². The minimum absolute atomic E-state index is 0.200. The van der Waals surface area contributed by atoms with Crippen LogP contribution in [0.1, 0.15) is 5.56 Å². The minimum Gasteiger partial charge on any atom is -0.370 e. The molecule has 0 saturated carbocycles. The number of nitrogens with zero attached hydrogens (tertiary/aromatic N) is 4. The van der Waals surface area contributed by atoms with Crippen molar-refractivity contribution in [1.29, 1.82) is 0 Å². The van der Waals surface area contributed by atoms with Gasteiger partial charge in [0.2, 0.25) is 5.95 Å². The van der Waals surface area contributed by atoms with Crippen molar-refractivity contribution in [3.05, 3.63) is 47.9 Å². The van der Waals surface area contributed by atoms with Crippen molar-refractivity contribution < 1.29 is 4.39 Å². The van der Waals surface area contributed by atoms with Crippen molar-refractivity contribution >= 4 is 11.8 Å². The number of benzene rings is 1. The Morgan fingerprint density at radius 1 is 1.09 bits per heavy atom. The van der Waals surface area contributed by atoms with E-state index in [4.69, 9.17) is 0 Å². The van der Waals surface area contributed by atoms with Crippen molar-refractivity contribution in [1.82, 2.24) is 14.9 Å². The van der Waals surface area contributed by atoms with Crippen molar-refractivity contribution in [2.24, 2.45) is 0 Å². The van der Waals surface area contributed by atoms with Gasteiger partial charge >= 0.3 is 0 Å². The second kappa shape index (κ2) is 7.37. The lowest BCUT2D eigenvalue weighted by molar-refractivity contribution is 0.311. The molecule has 0 amide bonds. The standard InChI is InChI=1S/C17H22FN5/c1-22-10-12-23(13-11-22)17-20-9-7-16(21-17)19-8-6-14-2-4-15(18)5-3-14/h2-5,7,9H,6,8,10-13H2,1H3,(H,19,20,21). The Morgan fingerprint density at radius 3 is 2.57 bits per heavy atom. The molecule has 0 spiro atoms. The van der Waals surface area contributed by atoms with Crippen LogP contribution in [0, 0.1) is 5.82 Å². The highest BCUT2D eigenvalue weighted by Crippen LogP contribution is 2.13. The lowest BCUT2D eigenvalue weighted by atomic mass is 10.1. The molecule has 1 aromatic heterocycles. The van der Waals surface area contributed by atoms with Crippen molar-refractivity contribution in [2.75, 3.05) is 50.0 Å². The summed E-state index contributed by atoms with van der Waals surface area (Å²) in [5.74, 6) is 1.41. The summed E-state index contributed by atoms with van der Waals surface area (Å²) in [6, 6.07) is 8.49. The molecule has 122 valence electrons. The Balaban J connectivity index is 1.54. The molecule has 0 aliphatic carbocycles. The predicted molar refractivity (Wildman–Crippen MR) is 90.3 cm³/mol. The monoisotopic (exact) mass is 315 g/mol. The lowest BCUT2D eigenvalue weighted by Gasteiger charge is -2.32. The Labute approximate surface area is 136 Å². The third kappa shape index (κ3) is 4.39. The van der Waals surface area contributed by atoms with Crippen LogP contribution < -0.4 is 10.2 Å². The SMILES string of the molecule is CN1CCN(c2nccc(NCCc3ccc(F)cc3)n2)CC1. The quantitative estimate of drug-likeness (QED) is 0.914. The maximum absolute atomic E-state index is 12.9. The van der Waals surface area contributed by atoms with Crippen molar-refractivity contribution in [3.8, 4) is 0 Å². The molecule has 2 heterocycles. The van der Waals surface area contributed by atoms with E-state index in [-0.39, 0.29) is 5.82 Å². The van der Waals surface area contributed by atoms with Gasteiger partial charge < -0.3 is 15.1 Å². The van der Waals surface area contributed by atoms with E-state index in [0.29, 0.717) is 0 Å². The lowest BCUT2D eigenvalue weighted by Crippen LogP contribution is -2.45. The largest absolute Gasteiger partial charge is 0.370 e. The summed E-state index contributed by atoms with van der Waals surface area (Å²) in [4.78, 5) is 13.5. The molecule has 1 aromatic carbocycles. The van der Waals surface area contributed by atoms with Gasteiger partial charge in [-0.1, -0.05) is 12.1 Å². The molecular weight excluding hydrogens is 293 g/mol. The van der Waals surface area contributed by atoms with E-state index in [2.05, 4.69) is 32.1 Å². The number of hydrogen-bond donors (Lipinski definition) is 1. The molecule has 1 aliphatic heterocycles. The van der Waals surface area contributed by atoms with Gasteiger partial charge in [-0.25, -0.2) is 9.37 Å². The number of aromatic nitrogens is 2. The highest BCUT2D eigenvalue weighted by Gasteiger charge is 2.16. The molecule has 6 heteroatoms. The molecule has 0 unspecified atom stereocenters. The van der Waals surface area contributed by atoms with E-state index < -0.39 is 0 Å². The first kappa shape index (κ1) is 15.7. The van der Waals surface area contributed by atoms with Gasteiger partial charge in [0.1, 0.15) is 11.6 Å². The summed E-state index contributed by atoms with van der Waals surface area (Å²) < 4.78 is 12.9. The maximum Gasteiger partial charge on any atom is 0.227 e. The van der Waals surface area contributed by atoms with Gasteiger partial charge in [0.05, 0.1) is 0 Å². The predicted octanol–water partition coefficient (Wildman–Crippen LogP) is 2.02. The fraction of sp³-hybridized carbons (Fsp3) is 0.412. The molecular formula is C17H22FN5. The van der Waals surface area contributed by atoms with Gasteiger partial charge in [0.15, 0.2) is 0 Å². The summed E-state index contributed by atoms with van der Waals surface area (Å²) in [6.07, 6.45) is 2.62. The number of nitrogens with one attached hydrogen (secondary N) is 1. The van der Waals surface area contributed by atoms with E-state index in [0.717, 1.165) is 56.5 Å². The smallest absolute Gasteiger partial charge is 0.227 e. The van der Waals surface area contributed by atoms with Crippen LogP contribution in [0.25, 0.3) is 0 Å². The molecule has 0 atom stereocenters. The summed E-state index contributed by atoms with van der Waals surface area (Å²) in [5.41, 5.74) is 1.10. The van der Waals surface area contributed by atoms with Crippen LogP contribution in [0.3, 0.4) is 0 Å². The molecule has 2 aromatic rings. The van der Waals surface area contributed by atoms with Gasteiger partial charge in [0, 0.05) is 38.9 Å². The highest BCUT2D eigenvalue weighted by atomic mass is 19.1. The van der Waals surface area contributed by atoms with Crippen LogP contribution in [0.2, 0.25) is 0 Å². The molecule has 0 bridgehead atoms.